The maximum absolute atomic E-state index is 10.5. The second-order valence-electron chi connectivity index (χ2n) is 3.05. The van der Waals surface area contributed by atoms with E-state index in [4.69, 9.17) is 16.7 Å². The maximum Gasteiger partial charge on any atom is 0.322 e. The van der Waals surface area contributed by atoms with Gasteiger partial charge in [0.1, 0.15) is 5.38 Å². The minimum Gasteiger partial charge on any atom is -0.480 e. The smallest absolute Gasteiger partial charge is 0.322 e. The van der Waals surface area contributed by atoms with E-state index in [-0.39, 0.29) is 5.75 Å². The van der Waals surface area contributed by atoms with Crippen LogP contribution in [0.4, 0.5) is 0 Å². The lowest BCUT2D eigenvalue weighted by Crippen LogP contribution is -2.15. The molecule has 1 unspecified atom stereocenters. The summed E-state index contributed by atoms with van der Waals surface area (Å²) in [5.74, 6) is -0.756. The molecule has 0 fully saturated rings. The molecule has 0 radical (unpaired) electrons. The van der Waals surface area contributed by atoms with Gasteiger partial charge in [0.15, 0.2) is 5.16 Å². The average molecular weight is 247 g/mol. The van der Waals surface area contributed by atoms with Gasteiger partial charge in [-0.1, -0.05) is 11.8 Å². The number of aryl methyl sites for hydroxylation is 2. The third-order valence-electron chi connectivity index (χ3n) is 1.59. The third-order valence-corrected chi connectivity index (χ3v) is 3.05. The number of alkyl halides is 1. The molecule has 0 amide bonds. The van der Waals surface area contributed by atoms with Crippen molar-refractivity contribution in [1.29, 1.82) is 0 Å². The van der Waals surface area contributed by atoms with Crippen molar-refractivity contribution in [2.75, 3.05) is 5.75 Å². The Morgan fingerprint density at radius 3 is 2.53 bits per heavy atom. The summed E-state index contributed by atoms with van der Waals surface area (Å²) < 4.78 is 0. The predicted octanol–water partition coefficient (Wildman–Crippen LogP) is 1.88. The number of aliphatic carboxylic acids is 1. The molecule has 0 saturated heterocycles. The van der Waals surface area contributed by atoms with E-state index in [0.29, 0.717) is 5.16 Å². The van der Waals surface area contributed by atoms with Crippen LogP contribution in [0.25, 0.3) is 0 Å². The first-order chi connectivity index (χ1) is 6.99. The summed E-state index contributed by atoms with van der Waals surface area (Å²) in [5.41, 5.74) is 1.73. The van der Waals surface area contributed by atoms with Crippen LogP contribution in [-0.4, -0.2) is 32.2 Å². The SMILES string of the molecule is Cc1cc(C)nc(SCC(Cl)C(=O)O)n1. The molecule has 0 aliphatic carbocycles. The van der Waals surface area contributed by atoms with Crippen LogP contribution >= 0.6 is 23.4 Å². The number of hydrogen-bond acceptors (Lipinski definition) is 4. The third kappa shape index (κ3) is 4.05. The lowest BCUT2D eigenvalue weighted by molar-refractivity contribution is -0.136. The molecule has 1 atom stereocenters. The van der Waals surface area contributed by atoms with Gasteiger partial charge in [-0.3, -0.25) is 4.79 Å². The summed E-state index contributed by atoms with van der Waals surface area (Å²) in [4.78, 5) is 18.8. The quantitative estimate of drug-likeness (QED) is 0.499. The van der Waals surface area contributed by atoms with Gasteiger partial charge in [-0.2, -0.15) is 0 Å². The molecule has 82 valence electrons. The molecule has 6 heteroatoms. The number of carbonyl (C=O) groups is 1. The van der Waals surface area contributed by atoms with E-state index < -0.39 is 11.3 Å². The van der Waals surface area contributed by atoms with Crippen molar-refractivity contribution in [1.82, 2.24) is 9.97 Å². The molecule has 0 aliphatic rings. The van der Waals surface area contributed by atoms with Gasteiger partial charge < -0.3 is 5.11 Å². The molecule has 0 spiro atoms. The Kier molecular flexibility index (Phi) is 4.35. The van der Waals surface area contributed by atoms with Crippen molar-refractivity contribution in [3.8, 4) is 0 Å². The molecule has 1 aromatic heterocycles. The number of nitrogens with zero attached hydrogens (tertiary/aromatic N) is 2. The first-order valence-corrected chi connectivity index (χ1v) is 5.73. The van der Waals surface area contributed by atoms with Gasteiger partial charge in [-0.15, -0.1) is 11.6 Å². The van der Waals surface area contributed by atoms with E-state index in [1.54, 1.807) is 0 Å². The van der Waals surface area contributed by atoms with Crippen LogP contribution in [0.15, 0.2) is 11.2 Å². The Hall–Kier alpha value is -0.810. The van der Waals surface area contributed by atoms with Crippen LogP contribution in [0, 0.1) is 13.8 Å². The molecule has 0 bridgehead atoms. The van der Waals surface area contributed by atoms with Gasteiger partial charge >= 0.3 is 5.97 Å². The topological polar surface area (TPSA) is 63.1 Å². The van der Waals surface area contributed by atoms with Crippen molar-refractivity contribution in [3.63, 3.8) is 0 Å². The van der Waals surface area contributed by atoms with Crippen LogP contribution in [0.5, 0.6) is 0 Å². The highest BCUT2D eigenvalue weighted by molar-refractivity contribution is 7.99. The molecule has 1 aromatic rings. The molecule has 0 aromatic carbocycles. The second kappa shape index (κ2) is 5.32. The Bertz CT molecular complexity index is 353. The highest BCUT2D eigenvalue weighted by Gasteiger charge is 2.14. The largest absolute Gasteiger partial charge is 0.480 e. The Labute approximate surface area is 97.1 Å². The number of carboxylic acid groups (broad SMARTS) is 1. The summed E-state index contributed by atoms with van der Waals surface area (Å²) in [7, 11) is 0. The molecule has 1 heterocycles. The normalized spacial score (nSPS) is 12.5. The number of hydrogen-bond donors (Lipinski definition) is 1. The molecule has 1 N–H and O–H groups in total. The van der Waals surface area contributed by atoms with E-state index in [9.17, 15) is 4.79 Å². The lowest BCUT2D eigenvalue weighted by atomic mass is 10.4. The molecular formula is C9H11ClN2O2S. The van der Waals surface area contributed by atoms with Crippen molar-refractivity contribution in [3.05, 3.63) is 17.5 Å². The van der Waals surface area contributed by atoms with Crippen molar-refractivity contribution in [2.24, 2.45) is 0 Å². The summed E-state index contributed by atoms with van der Waals surface area (Å²) in [6, 6.07) is 1.86. The Morgan fingerprint density at radius 1 is 1.53 bits per heavy atom. The van der Waals surface area contributed by atoms with Crippen molar-refractivity contribution in [2.45, 2.75) is 24.4 Å². The van der Waals surface area contributed by atoms with Gasteiger partial charge in [0.2, 0.25) is 0 Å². The van der Waals surface area contributed by atoms with Gasteiger partial charge in [-0.25, -0.2) is 9.97 Å². The monoisotopic (exact) mass is 246 g/mol. The summed E-state index contributed by atoms with van der Waals surface area (Å²) in [6.45, 7) is 3.74. The van der Waals surface area contributed by atoms with Crippen LogP contribution < -0.4 is 0 Å². The predicted molar refractivity (Wildman–Crippen MR) is 59.5 cm³/mol. The second-order valence-corrected chi connectivity index (χ2v) is 4.56. The van der Waals surface area contributed by atoms with Gasteiger partial charge in [0, 0.05) is 17.1 Å². The number of thioether (sulfide) groups is 1. The summed E-state index contributed by atoms with van der Waals surface area (Å²) >= 11 is 6.82. The van der Waals surface area contributed by atoms with Crippen molar-refractivity contribution < 1.29 is 9.90 Å². The number of rotatable bonds is 4. The van der Waals surface area contributed by atoms with Crippen LogP contribution in [-0.2, 0) is 4.79 Å². The van der Waals surface area contributed by atoms with E-state index >= 15 is 0 Å². The number of carboxylic acids is 1. The van der Waals surface area contributed by atoms with Gasteiger partial charge in [0.05, 0.1) is 0 Å². The van der Waals surface area contributed by atoms with Crippen LogP contribution in [0.3, 0.4) is 0 Å². The maximum atomic E-state index is 10.5. The van der Waals surface area contributed by atoms with Crippen molar-refractivity contribution >= 4 is 29.3 Å². The van der Waals surface area contributed by atoms with Crippen LogP contribution in [0.2, 0.25) is 0 Å². The Morgan fingerprint density at radius 2 is 2.07 bits per heavy atom. The van der Waals surface area contributed by atoms with Crippen LogP contribution in [0.1, 0.15) is 11.4 Å². The zero-order valence-electron chi connectivity index (χ0n) is 8.40. The zero-order valence-corrected chi connectivity index (χ0v) is 9.97. The lowest BCUT2D eigenvalue weighted by Gasteiger charge is -2.04. The molecule has 1 rings (SSSR count). The molecular weight excluding hydrogens is 236 g/mol. The molecule has 15 heavy (non-hydrogen) atoms. The van der Waals surface area contributed by atoms with E-state index in [1.165, 1.54) is 11.8 Å². The molecule has 4 nitrogen and oxygen atoms in total. The fourth-order valence-electron chi connectivity index (χ4n) is 0.977. The van der Waals surface area contributed by atoms with E-state index in [1.807, 2.05) is 19.9 Å². The van der Waals surface area contributed by atoms with E-state index in [2.05, 4.69) is 9.97 Å². The number of aromatic nitrogens is 2. The van der Waals surface area contributed by atoms with E-state index in [0.717, 1.165) is 11.4 Å². The fraction of sp³-hybridized carbons (Fsp3) is 0.444. The van der Waals surface area contributed by atoms with Gasteiger partial charge in [0.25, 0.3) is 0 Å². The highest BCUT2D eigenvalue weighted by atomic mass is 35.5. The summed E-state index contributed by atoms with van der Waals surface area (Å²) in [5, 5.41) is 8.25. The minimum atomic E-state index is -1.02. The molecule has 0 saturated carbocycles. The Balaban J connectivity index is 2.61. The highest BCUT2D eigenvalue weighted by Crippen LogP contribution is 2.17. The number of halogens is 1. The van der Waals surface area contributed by atoms with Gasteiger partial charge in [-0.05, 0) is 19.9 Å². The first kappa shape index (κ1) is 12.3. The average Bonchev–Trinajstić information content (AvgIpc) is 2.12. The molecule has 0 aliphatic heterocycles. The first-order valence-electron chi connectivity index (χ1n) is 4.31. The summed E-state index contributed by atoms with van der Waals surface area (Å²) in [6.07, 6.45) is 0. The minimum absolute atomic E-state index is 0.264. The standard InChI is InChI=1S/C9H11ClN2O2S/c1-5-3-6(2)12-9(11-5)15-4-7(10)8(13)14/h3,7H,4H2,1-2H3,(H,13,14). The zero-order chi connectivity index (χ0) is 11.4. The fourth-order valence-corrected chi connectivity index (χ4v) is 2.02.